The lowest BCUT2D eigenvalue weighted by Crippen LogP contribution is -2.23. The molecule has 0 unspecified atom stereocenters. The van der Waals surface area contributed by atoms with E-state index < -0.39 is 0 Å². The van der Waals surface area contributed by atoms with Crippen molar-refractivity contribution >= 4 is 32.8 Å². The molecule has 0 N–H and O–H groups in total. The molecule has 5 heteroatoms. The van der Waals surface area contributed by atoms with E-state index in [2.05, 4.69) is 44.6 Å². The third kappa shape index (κ3) is 2.04. The summed E-state index contributed by atoms with van der Waals surface area (Å²) < 4.78 is 3.08. The maximum atomic E-state index is 4.59. The van der Waals surface area contributed by atoms with Crippen molar-refractivity contribution in [3.8, 4) is 0 Å². The monoisotopic (exact) mass is 296 g/mol. The van der Waals surface area contributed by atoms with E-state index in [9.17, 15) is 0 Å². The number of rotatable bonds is 3. The molecular formula is C12H17BrN4. The summed E-state index contributed by atoms with van der Waals surface area (Å²) in [4.78, 5) is 11.3. The number of nitrogens with zero attached hydrogens (tertiary/aromatic N) is 4. The molecule has 2 rings (SSSR count). The van der Waals surface area contributed by atoms with E-state index in [4.69, 9.17) is 0 Å². The predicted octanol–water partition coefficient (Wildman–Crippen LogP) is 2.89. The van der Waals surface area contributed by atoms with E-state index >= 15 is 0 Å². The highest BCUT2D eigenvalue weighted by atomic mass is 79.9. The van der Waals surface area contributed by atoms with Crippen molar-refractivity contribution in [3.63, 3.8) is 0 Å². The zero-order chi connectivity index (χ0) is 12.6. The Morgan fingerprint density at radius 3 is 2.53 bits per heavy atom. The van der Waals surface area contributed by atoms with Crippen LogP contribution in [0.2, 0.25) is 0 Å². The number of hydrogen-bond acceptors (Lipinski definition) is 3. The third-order valence-corrected chi connectivity index (χ3v) is 3.53. The molecule has 0 saturated heterocycles. The average molecular weight is 297 g/mol. The van der Waals surface area contributed by atoms with Gasteiger partial charge in [-0.2, -0.15) is 0 Å². The van der Waals surface area contributed by atoms with Crippen molar-refractivity contribution < 1.29 is 0 Å². The summed E-state index contributed by atoms with van der Waals surface area (Å²) in [5.41, 5.74) is 0.978. The summed E-state index contributed by atoms with van der Waals surface area (Å²) >= 11 is 3.59. The van der Waals surface area contributed by atoms with Gasteiger partial charge in [0, 0.05) is 30.8 Å². The molecular weight excluding hydrogens is 280 g/mol. The highest BCUT2D eigenvalue weighted by molar-refractivity contribution is 9.10. The predicted molar refractivity (Wildman–Crippen MR) is 74.5 cm³/mol. The van der Waals surface area contributed by atoms with Crippen LogP contribution >= 0.6 is 15.9 Å². The summed E-state index contributed by atoms with van der Waals surface area (Å²) in [6, 6.07) is 0. The first-order chi connectivity index (χ1) is 8.08. The quantitative estimate of drug-likeness (QED) is 0.873. The molecule has 0 fully saturated rings. The van der Waals surface area contributed by atoms with Crippen LogP contribution in [0.4, 0.5) is 5.82 Å². The van der Waals surface area contributed by atoms with Gasteiger partial charge in [-0.15, -0.1) is 0 Å². The highest BCUT2D eigenvalue weighted by Gasteiger charge is 2.16. The normalized spacial score (nSPS) is 11.1. The van der Waals surface area contributed by atoms with Crippen molar-refractivity contribution in [3.05, 3.63) is 16.5 Å². The van der Waals surface area contributed by atoms with Crippen LogP contribution in [0, 0.1) is 6.92 Å². The summed E-state index contributed by atoms with van der Waals surface area (Å²) in [6.45, 7) is 8.12. The fourth-order valence-electron chi connectivity index (χ4n) is 2.06. The second-order valence-corrected chi connectivity index (χ2v) is 4.91. The summed E-state index contributed by atoms with van der Waals surface area (Å²) in [6.07, 6.45) is 2.03. The number of fused-ring (bicyclic) bond motifs is 1. The molecule has 2 aromatic rings. The van der Waals surface area contributed by atoms with Gasteiger partial charge in [0.1, 0.15) is 17.3 Å². The molecule has 2 aromatic heterocycles. The minimum atomic E-state index is 0.813. The van der Waals surface area contributed by atoms with Crippen molar-refractivity contribution in [1.82, 2.24) is 14.5 Å². The van der Waals surface area contributed by atoms with Gasteiger partial charge in [-0.25, -0.2) is 9.97 Å². The third-order valence-electron chi connectivity index (χ3n) is 2.93. The number of halogens is 1. The van der Waals surface area contributed by atoms with Crippen LogP contribution in [-0.2, 0) is 7.05 Å². The molecule has 17 heavy (non-hydrogen) atoms. The lowest BCUT2D eigenvalue weighted by molar-refractivity contribution is 0.839. The van der Waals surface area contributed by atoms with E-state index in [1.54, 1.807) is 0 Å². The van der Waals surface area contributed by atoms with Crippen LogP contribution < -0.4 is 4.90 Å². The van der Waals surface area contributed by atoms with Crippen LogP contribution in [0.3, 0.4) is 0 Å². The molecule has 0 aromatic carbocycles. The Bertz CT molecular complexity index is 543. The van der Waals surface area contributed by atoms with Crippen LogP contribution in [0.15, 0.2) is 10.7 Å². The molecule has 2 heterocycles. The molecule has 0 radical (unpaired) electrons. The molecule has 4 nitrogen and oxygen atoms in total. The Morgan fingerprint density at radius 2 is 1.94 bits per heavy atom. The van der Waals surface area contributed by atoms with Gasteiger partial charge in [0.05, 0.1) is 5.39 Å². The van der Waals surface area contributed by atoms with Gasteiger partial charge in [0.2, 0.25) is 0 Å². The molecule has 0 atom stereocenters. The lowest BCUT2D eigenvalue weighted by atomic mass is 10.3. The van der Waals surface area contributed by atoms with Gasteiger partial charge in [-0.1, -0.05) is 0 Å². The van der Waals surface area contributed by atoms with Gasteiger partial charge >= 0.3 is 0 Å². The van der Waals surface area contributed by atoms with Crippen molar-refractivity contribution in [1.29, 1.82) is 0 Å². The fraction of sp³-hybridized carbons (Fsp3) is 0.500. The Hall–Kier alpha value is -1.10. The summed E-state index contributed by atoms with van der Waals surface area (Å²) in [7, 11) is 2.01. The van der Waals surface area contributed by atoms with Gasteiger partial charge in [0.25, 0.3) is 0 Å². The fourth-order valence-corrected chi connectivity index (χ4v) is 2.72. The Labute approximate surface area is 110 Å². The molecule has 0 saturated carbocycles. The van der Waals surface area contributed by atoms with Crippen LogP contribution in [0.1, 0.15) is 19.7 Å². The lowest BCUT2D eigenvalue weighted by Gasteiger charge is -2.21. The Kier molecular flexibility index (Phi) is 3.38. The second kappa shape index (κ2) is 4.64. The smallest absolute Gasteiger partial charge is 0.146 e. The molecule has 0 aliphatic heterocycles. The maximum absolute atomic E-state index is 4.59. The first-order valence-electron chi connectivity index (χ1n) is 5.82. The summed E-state index contributed by atoms with van der Waals surface area (Å²) in [5, 5.41) is 1.10. The van der Waals surface area contributed by atoms with E-state index in [0.29, 0.717) is 0 Å². The van der Waals surface area contributed by atoms with Crippen molar-refractivity contribution in [2.45, 2.75) is 20.8 Å². The van der Waals surface area contributed by atoms with Gasteiger partial charge in [-0.05, 0) is 36.7 Å². The van der Waals surface area contributed by atoms with Gasteiger partial charge < -0.3 is 9.47 Å². The van der Waals surface area contributed by atoms with E-state index in [1.165, 1.54) is 0 Å². The first-order valence-corrected chi connectivity index (χ1v) is 6.61. The van der Waals surface area contributed by atoms with Crippen molar-refractivity contribution in [2.75, 3.05) is 18.0 Å². The molecule has 92 valence electrons. The largest absolute Gasteiger partial charge is 0.356 e. The van der Waals surface area contributed by atoms with Gasteiger partial charge in [-0.3, -0.25) is 0 Å². The zero-order valence-corrected chi connectivity index (χ0v) is 12.2. The highest BCUT2D eigenvalue weighted by Crippen LogP contribution is 2.31. The number of aromatic nitrogens is 3. The standard InChI is InChI=1S/C12H17BrN4/c1-5-17(6-2)12-10-9(13)7-16(4)11(10)14-8(3)15-12/h7H,5-6H2,1-4H3. The summed E-state index contributed by atoms with van der Waals surface area (Å²) in [5.74, 6) is 1.83. The van der Waals surface area contributed by atoms with Gasteiger partial charge in [0.15, 0.2) is 0 Å². The molecule has 0 aliphatic carbocycles. The SMILES string of the molecule is CCN(CC)c1nc(C)nc2c1c(Br)cn2C. The number of hydrogen-bond donors (Lipinski definition) is 0. The van der Waals surface area contributed by atoms with Crippen LogP contribution in [0.5, 0.6) is 0 Å². The number of anilines is 1. The second-order valence-electron chi connectivity index (χ2n) is 4.05. The topological polar surface area (TPSA) is 34.0 Å². The van der Waals surface area contributed by atoms with E-state index in [0.717, 1.165) is 40.2 Å². The Balaban J connectivity index is 2.76. The van der Waals surface area contributed by atoms with E-state index in [-0.39, 0.29) is 0 Å². The molecule has 0 aliphatic rings. The molecule has 0 bridgehead atoms. The number of aryl methyl sites for hydroxylation is 2. The minimum Gasteiger partial charge on any atom is -0.356 e. The van der Waals surface area contributed by atoms with Crippen LogP contribution in [-0.4, -0.2) is 27.6 Å². The minimum absolute atomic E-state index is 0.813. The van der Waals surface area contributed by atoms with Crippen molar-refractivity contribution in [2.24, 2.45) is 7.05 Å². The van der Waals surface area contributed by atoms with E-state index in [1.807, 2.05) is 24.7 Å². The van der Waals surface area contributed by atoms with Crippen LogP contribution in [0.25, 0.3) is 11.0 Å². The zero-order valence-electron chi connectivity index (χ0n) is 10.7. The maximum Gasteiger partial charge on any atom is 0.146 e. The molecule has 0 spiro atoms. The Morgan fingerprint density at radius 1 is 1.29 bits per heavy atom. The first kappa shape index (κ1) is 12.4. The molecule has 0 amide bonds. The average Bonchev–Trinajstić information content (AvgIpc) is 2.56.